The second-order valence-corrected chi connectivity index (χ2v) is 12.7. The number of hydrogen-bond acceptors (Lipinski definition) is 11. The molecule has 13 heteroatoms. The largest absolute Gasteiger partial charge is 0.389 e. The zero-order valence-electron chi connectivity index (χ0n) is 21.2. The van der Waals surface area contributed by atoms with Crippen molar-refractivity contribution in [2.45, 2.75) is 35.5 Å². The van der Waals surface area contributed by atoms with Crippen LogP contribution < -0.4 is 10.6 Å². The zero-order chi connectivity index (χ0) is 26.7. The van der Waals surface area contributed by atoms with E-state index in [9.17, 15) is 13.2 Å². The van der Waals surface area contributed by atoms with Crippen molar-refractivity contribution >= 4 is 54.1 Å². The maximum absolute atomic E-state index is 13.3. The van der Waals surface area contributed by atoms with Gasteiger partial charge in [0.2, 0.25) is 0 Å². The summed E-state index contributed by atoms with van der Waals surface area (Å²) >= 11 is 1.25. The molecule has 0 bridgehead atoms. The molecular weight excluding hydrogens is 528 g/mol. The fourth-order valence-corrected chi connectivity index (χ4v) is 6.34. The molecule has 1 aliphatic carbocycles. The van der Waals surface area contributed by atoms with Gasteiger partial charge in [-0.05, 0) is 51.2 Å². The fourth-order valence-electron chi connectivity index (χ4n) is 3.85. The van der Waals surface area contributed by atoms with Gasteiger partial charge in [-0.3, -0.25) is 10.1 Å². The number of ether oxygens (including phenoxy) is 1. The van der Waals surface area contributed by atoms with Crippen LogP contribution >= 0.6 is 11.3 Å². The van der Waals surface area contributed by atoms with Crippen LogP contribution in [0.1, 0.15) is 24.8 Å². The highest BCUT2D eigenvalue weighted by molar-refractivity contribution is 7.92. The molecule has 2 aliphatic rings. The van der Waals surface area contributed by atoms with E-state index in [1.54, 1.807) is 12.1 Å². The first kappa shape index (κ1) is 26.5. The highest BCUT2D eigenvalue weighted by Gasteiger charge is 2.36. The van der Waals surface area contributed by atoms with Crippen molar-refractivity contribution in [2.75, 3.05) is 51.0 Å². The molecule has 2 fully saturated rings. The summed E-state index contributed by atoms with van der Waals surface area (Å²) < 4.78 is 30.5. The number of fused-ring (bicyclic) bond motifs is 1. The molecule has 3 aromatic rings. The maximum atomic E-state index is 13.3. The molecule has 202 valence electrons. The predicted molar refractivity (Wildman–Crippen MR) is 147 cm³/mol. The molecule has 1 atom stereocenters. The first-order valence-corrected chi connectivity index (χ1v) is 14.8. The molecule has 38 heavy (non-hydrogen) atoms. The highest BCUT2D eigenvalue weighted by atomic mass is 32.2. The molecule has 1 amide bonds. The van der Waals surface area contributed by atoms with E-state index in [0.29, 0.717) is 53.5 Å². The van der Waals surface area contributed by atoms with E-state index < -0.39 is 15.7 Å². The third-order valence-electron chi connectivity index (χ3n) is 6.16. The van der Waals surface area contributed by atoms with Gasteiger partial charge in [0.05, 0.1) is 23.4 Å². The number of nitrogens with one attached hydrogen (secondary N) is 2. The van der Waals surface area contributed by atoms with Gasteiger partial charge >= 0.3 is 0 Å². The van der Waals surface area contributed by atoms with Gasteiger partial charge in [0.25, 0.3) is 5.91 Å². The first-order chi connectivity index (χ1) is 18.3. The van der Waals surface area contributed by atoms with Crippen LogP contribution in [0.4, 0.5) is 10.9 Å². The lowest BCUT2D eigenvalue weighted by Gasteiger charge is -2.10. The molecular formula is C25H30N6O5S2. The molecule has 11 nitrogen and oxygen atoms in total. The van der Waals surface area contributed by atoms with Gasteiger partial charge in [-0.25, -0.2) is 18.4 Å². The second-order valence-electron chi connectivity index (χ2n) is 9.52. The molecule has 0 radical (unpaired) electrons. The average Bonchev–Trinajstić information content (AvgIpc) is 3.49. The van der Waals surface area contributed by atoms with Crippen molar-refractivity contribution in [1.82, 2.24) is 14.9 Å². The number of oxime groups is 1. The summed E-state index contributed by atoms with van der Waals surface area (Å²) in [6.45, 7) is 2.58. The van der Waals surface area contributed by atoms with Gasteiger partial charge in [-0.2, -0.15) is 0 Å². The molecule has 3 heterocycles. The monoisotopic (exact) mass is 558 g/mol. The van der Waals surface area contributed by atoms with E-state index in [2.05, 4.69) is 30.7 Å². The van der Waals surface area contributed by atoms with E-state index in [1.165, 1.54) is 23.5 Å². The van der Waals surface area contributed by atoms with Gasteiger partial charge in [-0.1, -0.05) is 28.6 Å². The summed E-state index contributed by atoms with van der Waals surface area (Å²) in [7, 11) is 0.668. The maximum Gasteiger partial charge on any atom is 0.280 e. The minimum atomic E-state index is -3.34. The van der Waals surface area contributed by atoms with Crippen molar-refractivity contribution in [2.24, 2.45) is 5.16 Å². The Morgan fingerprint density at radius 2 is 1.95 bits per heavy atom. The Morgan fingerprint density at radius 3 is 2.63 bits per heavy atom. The third kappa shape index (κ3) is 6.29. The van der Waals surface area contributed by atoms with Crippen LogP contribution in [0.15, 0.2) is 46.4 Å². The number of benzene rings is 1. The summed E-state index contributed by atoms with van der Waals surface area (Å²) in [5, 5.41) is 10.3. The molecule has 1 saturated carbocycles. The van der Waals surface area contributed by atoms with Crippen molar-refractivity contribution in [3.63, 3.8) is 0 Å². The number of aromatic nitrogens is 2. The number of rotatable bonds is 11. The molecule has 1 saturated heterocycles. The number of anilines is 2. The number of carbonyl (C=O) groups excluding carboxylic acids is 1. The second kappa shape index (κ2) is 11.3. The van der Waals surface area contributed by atoms with Crippen LogP contribution in [-0.4, -0.2) is 86.7 Å². The van der Waals surface area contributed by atoms with Gasteiger partial charge < -0.3 is 19.8 Å². The van der Waals surface area contributed by atoms with E-state index in [-0.39, 0.29) is 22.0 Å². The Bertz CT molecular complexity index is 1430. The van der Waals surface area contributed by atoms with Gasteiger partial charge in [0.1, 0.15) is 16.2 Å². The summed E-state index contributed by atoms with van der Waals surface area (Å²) in [4.78, 5) is 31.0. The average molecular weight is 559 g/mol. The summed E-state index contributed by atoms with van der Waals surface area (Å²) in [5.74, 6) is 0.210. The number of likely N-dealkylation sites (N-methyl/N-ethyl adjacent to an activating group) is 1. The van der Waals surface area contributed by atoms with E-state index in [0.717, 1.165) is 18.9 Å². The van der Waals surface area contributed by atoms with Crippen molar-refractivity contribution in [3.05, 3.63) is 42.0 Å². The quantitative estimate of drug-likeness (QED) is 0.269. The number of sulfone groups is 1. The predicted octanol–water partition coefficient (Wildman–Crippen LogP) is 2.75. The molecule has 5 rings (SSSR count). The van der Waals surface area contributed by atoms with E-state index in [4.69, 9.17) is 9.57 Å². The SMILES string of the molecule is CN(C)CCNc1ccc2nc(NC(=O)/C(=N/O[C@@H]3CCOC3)c3ccc(S(=O)(=O)C4CC4)cc3)sc2n1. The lowest BCUT2D eigenvalue weighted by Crippen LogP contribution is -2.25. The normalized spacial score (nSPS) is 18.2. The highest BCUT2D eigenvalue weighted by Crippen LogP contribution is 2.33. The van der Waals surface area contributed by atoms with Crippen molar-refractivity contribution in [1.29, 1.82) is 0 Å². The molecule has 0 spiro atoms. The summed E-state index contributed by atoms with van der Waals surface area (Å²) in [6.07, 6.45) is 1.78. The molecule has 2 N–H and O–H groups in total. The number of thiazole rings is 1. The van der Waals surface area contributed by atoms with E-state index >= 15 is 0 Å². The molecule has 2 aromatic heterocycles. The minimum Gasteiger partial charge on any atom is -0.389 e. The van der Waals surface area contributed by atoms with Crippen molar-refractivity contribution in [3.8, 4) is 0 Å². The van der Waals surface area contributed by atoms with Crippen LogP contribution in [0, 0.1) is 0 Å². The lowest BCUT2D eigenvalue weighted by molar-refractivity contribution is -0.110. The van der Waals surface area contributed by atoms with Crippen molar-refractivity contribution < 1.29 is 22.8 Å². The topological polar surface area (TPSA) is 135 Å². The fraction of sp³-hybridized carbons (Fsp3) is 0.440. The number of carbonyl (C=O) groups is 1. The van der Waals surface area contributed by atoms with Crippen LogP contribution in [0.2, 0.25) is 0 Å². The Balaban J connectivity index is 1.34. The van der Waals surface area contributed by atoms with Gasteiger partial charge in [0.15, 0.2) is 26.8 Å². The first-order valence-electron chi connectivity index (χ1n) is 12.4. The van der Waals surface area contributed by atoms with Crippen LogP contribution in [-0.2, 0) is 24.2 Å². The van der Waals surface area contributed by atoms with Crippen LogP contribution in [0.25, 0.3) is 10.3 Å². The van der Waals surface area contributed by atoms with Crippen LogP contribution in [0.5, 0.6) is 0 Å². The number of hydrogen-bond donors (Lipinski definition) is 2. The van der Waals surface area contributed by atoms with Crippen LogP contribution in [0.3, 0.4) is 0 Å². The third-order valence-corrected chi connectivity index (χ3v) is 9.32. The Kier molecular flexibility index (Phi) is 7.88. The molecule has 1 aliphatic heterocycles. The number of amides is 1. The standard InChI is InChI=1S/C25H30N6O5S2/c1-31(2)13-12-26-21-10-9-20-24(28-21)37-25(27-20)29-23(32)22(30-36-17-11-14-35-15-17)16-3-5-18(6-4-16)38(33,34)19-7-8-19/h3-6,9-10,17,19H,7-8,11-15H2,1-2H3,(H,26,28)(H,27,29,32)/b30-22+/t17-/m1/s1. The Labute approximate surface area is 225 Å². The number of nitrogens with zero attached hydrogens (tertiary/aromatic N) is 4. The molecule has 1 aromatic carbocycles. The van der Waals surface area contributed by atoms with Gasteiger partial charge in [0, 0.05) is 25.1 Å². The molecule has 0 unspecified atom stereocenters. The zero-order valence-corrected chi connectivity index (χ0v) is 22.8. The Morgan fingerprint density at radius 1 is 1.16 bits per heavy atom. The summed E-state index contributed by atoms with van der Waals surface area (Å²) in [6, 6.07) is 9.88. The Hall–Kier alpha value is -3.13. The lowest BCUT2D eigenvalue weighted by atomic mass is 10.1. The minimum absolute atomic E-state index is 0.0190. The smallest absolute Gasteiger partial charge is 0.280 e. The van der Waals surface area contributed by atoms with E-state index in [1.807, 2.05) is 26.2 Å². The van der Waals surface area contributed by atoms with Gasteiger partial charge in [-0.15, -0.1) is 0 Å². The summed E-state index contributed by atoms with van der Waals surface area (Å²) in [5.41, 5.74) is 1.12. The number of pyridine rings is 1.